The minimum atomic E-state index is -3.09. The fourth-order valence-corrected chi connectivity index (χ4v) is 9.19. The second-order valence-electron chi connectivity index (χ2n) is 14.0. The van der Waals surface area contributed by atoms with Gasteiger partial charge in [-0.25, -0.2) is 22.3 Å². The molecule has 3 saturated heterocycles. The number of nitrogens with one attached hydrogen (secondary N) is 1. The van der Waals surface area contributed by atoms with Crippen molar-refractivity contribution in [3.63, 3.8) is 0 Å². The fourth-order valence-electron chi connectivity index (χ4n) is 7.63. The summed E-state index contributed by atoms with van der Waals surface area (Å²) in [5.41, 5.74) is 3.10. The summed E-state index contributed by atoms with van der Waals surface area (Å²) >= 11 is 3.33. The Balaban J connectivity index is 0.000000210. The third-order valence-electron chi connectivity index (χ3n) is 10.8. The van der Waals surface area contributed by atoms with Gasteiger partial charge in [-0.1, -0.05) is 31.2 Å². The number of halogens is 1. The minimum absolute atomic E-state index is 0.0403. The number of anilines is 1. The molecular weight excluding hydrogens is 752 g/mol. The van der Waals surface area contributed by atoms with Gasteiger partial charge < -0.3 is 29.9 Å². The van der Waals surface area contributed by atoms with Gasteiger partial charge in [0.05, 0.1) is 17.3 Å². The van der Waals surface area contributed by atoms with Gasteiger partial charge in [0.1, 0.15) is 5.75 Å². The lowest BCUT2D eigenvalue weighted by atomic mass is 9.99. The lowest BCUT2D eigenvalue weighted by molar-refractivity contribution is -0.137. The van der Waals surface area contributed by atoms with Crippen LogP contribution in [0.2, 0.25) is 0 Å². The van der Waals surface area contributed by atoms with Crippen LogP contribution in [0.3, 0.4) is 0 Å². The number of phenols is 1. The quantitative estimate of drug-likeness (QED) is 0.414. The third-order valence-corrected chi connectivity index (χ3v) is 13.3. The molecule has 15 heteroatoms. The summed E-state index contributed by atoms with van der Waals surface area (Å²) < 4.78 is 31.1. The maximum absolute atomic E-state index is 12.9. The summed E-state index contributed by atoms with van der Waals surface area (Å²) in [6.45, 7) is 9.94. The van der Waals surface area contributed by atoms with Crippen LogP contribution in [-0.2, 0) is 32.4 Å². The number of methoxy groups -OCH3 is 1. The van der Waals surface area contributed by atoms with Crippen LogP contribution in [0.1, 0.15) is 50.7 Å². The number of carbonyl (C=O) groups excluding carboxylic acids is 3. The Morgan fingerprint density at radius 3 is 2.21 bits per heavy atom. The van der Waals surface area contributed by atoms with Gasteiger partial charge in [-0.15, -0.1) is 0 Å². The van der Waals surface area contributed by atoms with E-state index in [0.717, 1.165) is 69.5 Å². The molecule has 4 aliphatic rings. The topological polar surface area (TPSA) is 143 Å². The number of carbonyl (C=O) groups is 3. The number of piperazine rings is 1. The van der Waals surface area contributed by atoms with E-state index in [2.05, 4.69) is 32.2 Å². The van der Waals surface area contributed by atoms with Gasteiger partial charge in [0.2, 0.25) is 15.9 Å². The van der Waals surface area contributed by atoms with Gasteiger partial charge in [-0.2, -0.15) is 0 Å². The van der Waals surface area contributed by atoms with Gasteiger partial charge in [-0.3, -0.25) is 9.69 Å². The Bertz CT molecular complexity index is 1660. The van der Waals surface area contributed by atoms with Crippen LogP contribution in [0.15, 0.2) is 46.9 Å². The van der Waals surface area contributed by atoms with Crippen LogP contribution >= 0.6 is 15.9 Å². The molecule has 0 aliphatic carbocycles. The number of likely N-dealkylation sites (tertiary alicyclic amines) is 1. The molecule has 0 bridgehead atoms. The number of sulfonamides is 1. The van der Waals surface area contributed by atoms with Crippen molar-refractivity contribution in [3.05, 3.63) is 58.1 Å². The summed E-state index contributed by atoms with van der Waals surface area (Å²) in [6.07, 6.45) is 4.51. The number of fused-ring (bicyclic) bond motifs is 1. The minimum Gasteiger partial charge on any atom is -0.507 e. The highest BCUT2D eigenvalue weighted by Gasteiger charge is 2.34. The van der Waals surface area contributed by atoms with Gasteiger partial charge in [0.15, 0.2) is 0 Å². The van der Waals surface area contributed by atoms with E-state index in [0.29, 0.717) is 49.7 Å². The van der Waals surface area contributed by atoms with Crippen molar-refractivity contribution in [1.29, 1.82) is 0 Å². The van der Waals surface area contributed by atoms with Gasteiger partial charge in [0, 0.05) is 82.6 Å². The molecule has 286 valence electrons. The van der Waals surface area contributed by atoms with Crippen molar-refractivity contribution in [2.75, 3.05) is 77.1 Å². The molecule has 2 aromatic carbocycles. The standard InChI is InChI=1S/C21H32BrN3O4S.C16H21N3O3/c1-3-30(28,29)25-8-6-18(7-9-25)23-10-12-24(13-11-23)21(27)16(2)14-17-4-5-20(26)19(22)15-17;1-22-16(21)18-9-7-13(8-10-18)19-11-6-12-4-2-3-5-14(12)17-15(19)20/h4-5,15-16,18,26H,3,6-14H2,1-2H3;2-5,13H,6-11H2,1H3,(H,17,20)/t16-;/m1./s1. The van der Waals surface area contributed by atoms with Gasteiger partial charge >= 0.3 is 12.1 Å². The zero-order valence-corrected chi connectivity index (χ0v) is 32.9. The smallest absolute Gasteiger partial charge is 0.409 e. The molecule has 0 radical (unpaired) electrons. The number of phenolic OH excluding ortho intramolecular Hbond substituents is 1. The average Bonchev–Trinajstić information content (AvgIpc) is 3.34. The molecule has 3 fully saturated rings. The molecule has 6 rings (SSSR count). The van der Waals surface area contributed by atoms with Crippen LogP contribution in [0.25, 0.3) is 0 Å². The van der Waals surface area contributed by atoms with Crippen molar-refractivity contribution in [3.8, 4) is 5.75 Å². The summed E-state index contributed by atoms with van der Waals surface area (Å²) in [4.78, 5) is 44.9. The highest BCUT2D eigenvalue weighted by Crippen LogP contribution is 2.27. The predicted octanol–water partition coefficient (Wildman–Crippen LogP) is 4.60. The lowest BCUT2D eigenvalue weighted by Crippen LogP contribution is -2.55. The molecule has 52 heavy (non-hydrogen) atoms. The summed E-state index contributed by atoms with van der Waals surface area (Å²) in [5.74, 6) is 0.419. The fraction of sp³-hybridized carbons (Fsp3) is 0.595. The number of aromatic hydroxyl groups is 1. The van der Waals surface area contributed by atoms with E-state index < -0.39 is 10.0 Å². The molecule has 4 heterocycles. The van der Waals surface area contributed by atoms with Crippen LogP contribution in [0.5, 0.6) is 5.75 Å². The molecule has 0 aromatic heterocycles. The number of rotatable bonds is 7. The summed E-state index contributed by atoms with van der Waals surface area (Å²) in [7, 11) is -1.69. The van der Waals surface area contributed by atoms with Gasteiger partial charge in [-0.05, 0) is 90.7 Å². The van der Waals surface area contributed by atoms with Crippen molar-refractivity contribution in [2.24, 2.45) is 5.92 Å². The first-order valence-corrected chi connectivity index (χ1v) is 20.8. The second kappa shape index (κ2) is 18.1. The number of piperidine rings is 2. The Morgan fingerprint density at radius 1 is 0.923 bits per heavy atom. The highest BCUT2D eigenvalue weighted by atomic mass is 79.9. The van der Waals surface area contributed by atoms with Crippen LogP contribution < -0.4 is 5.32 Å². The molecule has 2 aromatic rings. The van der Waals surface area contributed by atoms with E-state index in [4.69, 9.17) is 4.74 Å². The molecular formula is C37H53BrN6O7S. The van der Waals surface area contributed by atoms with Crippen LogP contribution in [-0.4, -0.2) is 139 Å². The van der Waals surface area contributed by atoms with Crippen LogP contribution in [0, 0.1) is 5.92 Å². The number of amides is 4. The van der Waals surface area contributed by atoms with E-state index in [-0.39, 0.29) is 41.5 Å². The summed E-state index contributed by atoms with van der Waals surface area (Å²) in [6, 6.07) is 13.8. The van der Waals surface area contributed by atoms with Crippen LogP contribution in [0.4, 0.5) is 15.3 Å². The molecule has 0 saturated carbocycles. The molecule has 0 spiro atoms. The Hall–Kier alpha value is -3.40. The zero-order valence-electron chi connectivity index (χ0n) is 30.5. The van der Waals surface area contributed by atoms with Crippen molar-refractivity contribution in [1.82, 2.24) is 23.9 Å². The molecule has 4 aliphatic heterocycles. The van der Waals surface area contributed by atoms with Gasteiger partial charge in [0.25, 0.3) is 0 Å². The van der Waals surface area contributed by atoms with E-state index in [1.807, 2.05) is 47.1 Å². The molecule has 0 unspecified atom stereocenters. The Kier molecular flexibility index (Phi) is 13.8. The molecule has 4 amide bonds. The first-order chi connectivity index (χ1) is 24.9. The molecule has 1 atom stereocenters. The van der Waals surface area contributed by atoms with E-state index in [9.17, 15) is 27.9 Å². The first kappa shape index (κ1) is 39.8. The zero-order chi connectivity index (χ0) is 37.4. The van der Waals surface area contributed by atoms with Crippen molar-refractivity contribution < 1.29 is 32.6 Å². The van der Waals surface area contributed by atoms with E-state index in [1.54, 1.807) is 22.2 Å². The number of benzene rings is 2. The number of hydrogen-bond donors (Lipinski definition) is 2. The Labute approximate surface area is 316 Å². The van der Waals surface area contributed by atoms with Crippen molar-refractivity contribution in [2.45, 2.75) is 64.5 Å². The monoisotopic (exact) mass is 804 g/mol. The molecule has 2 N–H and O–H groups in total. The number of nitrogens with zero attached hydrogens (tertiary/aromatic N) is 5. The van der Waals surface area contributed by atoms with E-state index in [1.165, 1.54) is 12.7 Å². The predicted molar refractivity (Wildman–Crippen MR) is 204 cm³/mol. The maximum atomic E-state index is 12.9. The highest BCUT2D eigenvalue weighted by molar-refractivity contribution is 9.10. The normalized spacial score (nSPS) is 20.2. The lowest BCUT2D eigenvalue weighted by Gasteiger charge is -2.42. The maximum Gasteiger partial charge on any atom is 0.409 e. The number of ether oxygens (including phenoxy) is 1. The first-order valence-electron chi connectivity index (χ1n) is 18.4. The third kappa shape index (κ3) is 9.97. The molecule has 13 nitrogen and oxygen atoms in total. The second-order valence-corrected chi connectivity index (χ2v) is 17.1. The van der Waals surface area contributed by atoms with E-state index >= 15 is 0 Å². The SMILES string of the molecule is CCS(=O)(=O)N1CCC(N2CCN(C(=O)[C@H](C)Cc3ccc(O)c(Br)c3)CC2)CC1.COC(=O)N1CCC(N2CCc3ccccc3NC2=O)CC1. The largest absolute Gasteiger partial charge is 0.507 e. The Morgan fingerprint density at radius 2 is 1.58 bits per heavy atom. The average molecular weight is 806 g/mol. The number of para-hydroxylation sites is 1. The summed E-state index contributed by atoms with van der Waals surface area (Å²) in [5, 5.41) is 12.6. The number of hydrogen-bond acceptors (Lipinski definition) is 8. The van der Waals surface area contributed by atoms with Crippen molar-refractivity contribution >= 4 is 49.7 Å². The number of urea groups is 1.